The molecule has 0 aliphatic rings. The van der Waals surface area contributed by atoms with Crippen molar-refractivity contribution in [2.45, 2.75) is 114 Å². The van der Waals surface area contributed by atoms with Crippen LogP contribution in [0.15, 0.2) is 48.5 Å². The monoisotopic (exact) mass is 1370 g/mol. The molecule has 0 spiro atoms. The topological polar surface area (TPSA) is 60.4 Å². The van der Waals surface area contributed by atoms with E-state index in [9.17, 15) is 133 Å². The summed E-state index contributed by atoms with van der Waals surface area (Å²) in [6.45, 7) is 13.6. The van der Waals surface area contributed by atoms with Crippen molar-refractivity contribution in [2.24, 2.45) is 17.8 Å². The first kappa shape index (κ1) is 93.5. The fourth-order valence-electron chi connectivity index (χ4n) is 5.92. The van der Waals surface area contributed by atoms with Crippen LogP contribution in [0.1, 0.15) is 52.7 Å². The number of halogens is 37. The Morgan fingerprint density at radius 3 is 0.641 bits per heavy atom. The van der Waals surface area contributed by atoms with Crippen LogP contribution in [0.3, 0.4) is 0 Å². The maximum Gasteiger partial charge on any atom is 0.526 e. The molecular formula is C36H38AlF36IO4. The summed E-state index contributed by atoms with van der Waals surface area (Å²) in [4.78, 5) is 37.2. The van der Waals surface area contributed by atoms with Gasteiger partial charge in [0.15, 0.2) is 24.9 Å². The predicted octanol–water partition coefficient (Wildman–Crippen LogP) is 11.7. The zero-order valence-electron chi connectivity index (χ0n) is 38.3. The first-order chi connectivity index (χ1) is 29.9. The lowest BCUT2D eigenvalue weighted by molar-refractivity contribution is -0.597. The van der Waals surface area contributed by atoms with Crippen LogP contribution < -0.4 is 21.2 Å². The maximum absolute atomic E-state index is 13.5. The molecule has 0 bridgehead atoms. The van der Waals surface area contributed by atoms with Gasteiger partial charge < -0.3 is 18.2 Å². The van der Waals surface area contributed by atoms with Gasteiger partial charge in [-0.2, -0.15) is 119 Å². The second-order valence-electron chi connectivity index (χ2n) is 16.4. The van der Waals surface area contributed by atoms with Crippen LogP contribution in [0.25, 0.3) is 0 Å². The van der Waals surface area contributed by atoms with Gasteiger partial charge in [-0.05, 0) is 46.2 Å². The quantitative estimate of drug-likeness (QED) is 0.135. The molecule has 0 heterocycles. The molecule has 0 amide bonds. The Morgan fingerprint density at radius 1 is 0.346 bits per heavy atom. The molecule has 4 nitrogen and oxygen atoms in total. The molecule has 0 atom stereocenters. The zero-order valence-corrected chi connectivity index (χ0v) is 41.6. The highest BCUT2D eigenvalue weighted by Crippen LogP contribution is 2.59. The molecule has 42 heteroatoms. The van der Waals surface area contributed by atoms with Crippen molar-refractivity contribution >= 4 is 27.3 Å². The second kappa shape index (κ2) is 29.2. The third-order valence-corrected chi connectivity index (χ3v) is 16.0. The number of carbonyl (C=O) groups excluding carboxylic acids is 3. The molecular weight excluding hydrogens is 1330 g/mol. The zero-order chi connectivity index (χ0) is 55.3. The van der Waals surface area contributed by atoms with Gasteiger partial charge in [0.2, 0.25) is 0 Å². The van der Waals surface area contributed by atoms with Gasteiger partial charge >= 0.3 is 95.8 Å². The normalized spacial score (nSPS) is 13.1. The summed E-state index contributed by atoms with van der Waals surface area (Å²) in [7, 11) is 0. The Bertz CT molecular complexity index is 1860. The Hall–Kier alpha value is -3.85. The molecule has 2 aromatic carbocycles. The predicted molar refractivity (Wildman–Crippen MR) is 200 cm³/mol. The lowest BCUT2D eigenvalue weighted by Crippen LogP contribution is -3.61. The number of hydrogen-bond donors (Lipinski definition) is 0. The minimum absolute atomic E-state index is 0. The second-order valence-corrected chi connectivity index (χ2v) is 23.0. The lowest BCUT2D eigenvalue weighted by atomic mass is 9.87. The summed E-state index contributed by atoms with van der Waals surface area (Å²) in [6, 6.07) is 18.4. The summed E-state index contributed by atoms with van der Waals surface area (Å²) < 4.78 is 347. The highest BCUT2D eigenvalue weighted by molar-refractivity contribution is 7.37. The summed E-state index contributed by atoms with van der Waals surface area (Å²) >= 11 is -11.9. The Kier molecular flexibility index (Phi) is 35.0. The molecule has 2 aromatic rings. The van der Waals surface area contributed by atoms with Gasteiger partial charge in [0.05, 0.1) is 0 Å². The molecule has 468 valence electrons. The van der Waals surface area contributed by atoms with Crippen LogP contribution in [-0.4, -0.2) is 88.5 Å². The average molecular weight is 1370 g/mol. The van der Waals surface area contributed by atoms with E-state index in [0.717, 1.165) is 0 Å². The minimum Gasteiger partial charge on any atom is -0.619 e. The first-order valence-electron chi connectivity index (χ1n) is 17.9. The van der Waals surface area contributed by atoms with Crippen molar-refractivity contribution < 1.29 is 200 Å². The van der Waals surface area contributed by atoms with Crippen molar-refractivity contribution in [2.75, 3.05) is 0 Å². The van der Waals surface area contributed by atoms with E-state index in [4.69, 9.17) is 0 Å². The van der Waals surface area contributed by atoms with E-state index >= 15 is 0 Å². The summed E-state index contributed by atoms with van der Waals surface area (Å²) in [5, 5.41) is 0. The van der Waals surface area contributed by atoms with Crippen LogP contribution in [0.5, 0.6) is 0 Å². The van der Waals surface area contributed by atoms with Crippen LogP contribution in [0.4, 0.5) is 161 Å². The molecule has 0 N–H and O–H groups in total. The van der Waals surface area contributed by atoms with E-state index in [2.05, 4.69) is 90.1 Å². The van der Waals surface area contributed by atoms with Crippen molar-refractivity contribution in [3.05, 3.63) is 66.8 Å². The van der Waals surface area contributed by atoms with Gasteiger partial charge in [0.1, 0.15) is 0 Å². The standard InChI is InChI=1S/C20H26I.C4F9O.3C4HF6O.Al.9FH/c1-19(2,3)15-7-11-17(12-8-15)21-18-13-9-16(10-14-18)20(4,5)6;5-2(6,7)1(14,3(8,9)10)4(11,12)13;3*5-3(6,7)2(1-11)4(8,9)10;;;;;;;;;;/h7-14H,1-6H3;;3*2H;;9*1H/q+1;-1;;;;;;;;;;;;;. The van der Waals surface area contributed by atoms with Crippen molar-refractivity contribution in [3.8, 4) is 0 Å². The van der Waals surface area contributed by atoms with Crippen LogP contribution in [-0.2, 0) is 29.0 Å². The molecule has 0 saturated heterocycles. The van der Waals surface area contributed by atoms with Crippen molar-refractivity contribution in [3.63, 3.8) is 0 Å². The molecule has 0 saturated carbocycles. The number of hydrogen-bond acceptors (Lipinski definition) is 4. The molecule has 0 aliphatic heterocycles. The van der Waals surface area contributed by atoms with E-state index < -0.39 is 106 Å². The Balaban J connectivity index is -0.000000192. The fourth-order valence-corrected chi connectivity index (χ4v) is 12.7. The summed E-state index contributed by atoms with van der Waals surface area (Å²) in [6.07, 6.45) is -75.7. The largest absolute Gasteiger partial charge is 0.619 e. The number of benzene rings is 2. The van der Waals surface area contributed by atoms with Crippen LogP contribution >= 0.6 is 0 Å². The maximum atomic E-state index is 13.5. The van der Waals surface area contributed by atoms with Gasteiger partial charge in [-0.1, -0.05) is 65.8 Å². The molecule has 0 aromatic heterocycles. The third kappa shape index (κ3) is 21.2. The van der Waals surface area contributed by atoms with E-state index in [1.807, 2.05) is 0 Å². The average Bonchev–Trinajstić information content (AvgIpc) is 3.03. The molecule has 0 fully saturated rings. The van der Waals surface area contributed by atoms with E-state index in [0.29, 0.717) is 0 Å². The Labute approximate surface area is 425 Å². The van der Waals surface area contributed by atoms with Gasteiger partial charge in [0, 0.05) is 13.9 Å². The van der Waals surface area contributed by atoms with E-state index in [1.54, 1.807) is 3.79 Å². The SMILES string of the molecule is CC(C)(C)c1ccc([I+]c2ccc(C(C)(C)C)cc2)cc1.F.F.F.F.F.F.F.F.F.O=[C](C(C(F)(F)F)C(F)(F)F)[Al-]([O]C(C(F)(F)F)(C(F)(F)F)C(F)(F)F)([C](=O)C(C(F)(F)F)C(F)(F)F)[C](=O)C(C(F)(F)F)C(F)(F)F. The van der Waals surface area contributed by atoms with Gasteiger partial charge in [-0.25, -0.2) is 0 Å². The number of rotatable bonds is 10. The minimum atomic E-state index is -11.8. The highest BCUT2D eigenvalue weighted by Gasteiger charge is 2.88. The number of alkyl halides is 27. The van der Waals surface area contributed by atoms with Crippen LogP contribution in [0.2, 0.25) is 0 Å². The Morgan fingerprint density at radius 2 is 0.513 bits per heavy atom. The third-order valence-electron chi connectivity index (χ3n) is 9.21. The highest BCUT2D eigenvalue weighted by atomic mass is 127. The van der Waals surface area contributed by atoms with Crippen molar-refractivity contribution in [1.82, 2.24) is 0 Å². The smallest absolute Gasteiger partial charge is 0.526 e. The van der Waals surface area contributed by atoms with E-state index in [1.165, 1.54) is 18.3 Å². The molecule has 78 heavy (non-hydrogen) atoms. The molecule has 0 radical (unpaired) electrons. The van der Waals surface area contributed by atoms with Gasteiger partial charge in [0.25, 0.3) is 0 Å². The molecule has 0 unspecified atom stereocenters. The molecule has 2 rings (SSSR count). The van der Waals surface area contributed by atoms with Crippen LogP contribution in [0, 0.1) is 24.9 Å². The number of carbonyl (C=O) groups is 3. The summed E-state index contributed by atoms with van der Waals surface area (Å²) in [5.74, 6) is -21.5. The van der Waals surface area contributed by atoms with E-state index in [-0.39, 0.29) is 74.4 Å². The van der Waals surface area contributed by atoms with Gasteiger partial charge in [-0.3, -0.25) is 42.3 Å². The van der Waals surface area contributed by atoms with Gasteiger partial charge in [-0.15, -0.1) is 0 Å². The fraction of sp³-hybridized carbons (Fsp3) is 0.583. The van der Waals surface area contributed by atoms with Crippen molar-refractivity contribution in [1.29, 1.82) is 0 Å². The first-order valence-corrected chi connectivity index (χ1v) is 22.3. The molecule has 0 aliphatic carbocycles. The summed E-state index contributed by atoms with van der Waals surface area (Å²) in [5.41, 5.74) is -5.93. The lowest BCUT2D eigenvalue weighted by Gasteiger charge is -2.50.